The number of carboxylic acid groups (broad SMARTS) is 1. The summed E-state index contributed by atoms with van der Waals surface area (Å²) < 4.78 is 56.8. The number of rotatable bonds is 10. The fourth-order valence-electron chi connectivity index (χ4n) is 5.35. The third-order valence-electron chi connectivity index (χ3n) is 7.74. The average molecular weight is 602 g/mol. The highest BCUT2D eigenvalue weighted by Gasteiger charge is 2.36. The first kappa shape index (κ1) is 30.1. The lowest BCUT2D eigenvalue weighted by Crippen LogP contribution is -2.38. The Morgan fingerprint density at radius 2 is 1.88 bits per heavy atom. The number of likely N-dealkylation sites (tertiary alicyclic amines) is 1. The van der Waals surface area contributed by atoms with Crippen molar-refractivity contribution in [2.24, 2.45) is 5.92 Å². The predicted octanol–water partition coefficient (Wildman–Crippen LogP) is 6.29. The summed E-state index contributed by atoms with van der Waals surface area (Å²) >= 11 is 0. The summed E-state index contributed by atoms with van der Waals surface area (Å²) in [7, 11) is 0. The highest BCUT2D eigenvalue weighted by atomic mass is 19.4. The van der Waals surface area contributed by atoms with Gasteiger partial charge in [-0.2, -0.15) is 18.3 Å². The van der Waals surface area contributed by atoms with E-state index in [1.807, 2.05) is 4.90 Å². The van der Waals surface area contributed by atoms with E-state index in [0.29, 0.717) is 42.5 Å². The SMILES string of the molecule is O=C(O)NCc1cccc(-n2nc(C(F)(F)F)cc2C(=O)Nc2cc(C(CCC3CC3)N3CCCCC3=O)ccc2F)c1. The van der Waals surface area contributed by atoms with Crippen LogP contribution in [0.25, 0.3) is 5.69 Å². The van der Waals surface area contributed by atoms with Crippen molar-refractivity contribution in [2.75, 3.05) is 11.9 Å². The van der Waals surface area contributed by atoms with Crippen molar-refractivity contribution in [2.45, 2.75) is 63.7 Å². The van der Waals surface area contributed by atoms with Gasteiger partial charge in [0.05, 0.1) is 17.4 Å². The molecule has 1 atom stereocenters. The topological polar surface area (TPSA) is 117 Å². The largest absolute Gasteiger partial charge is 0.465 e. The predicted molar refractivity (Wildman–Crippen MR) is 148 cm³/mol. The first-order chi connectivity index (χ1) is 20.5. The summed E-state index contributed by atoms with van der Waals surface area (Å²) in [4.78, 5) is 38.9. The van der Waals surface area contributed by atoms with Gasteiger partial charge in [0.25, 0.3) is 5.91 Å². The monoisotopic (exact) mass is 601 g/mol. The van der Waals surface area contributed by atoms with Gasteiger partial charge in [-0.1, -0.05) is 31.0 Å². The Morgan fingerprint density at radius 3 is 2.58 bits per heavy atom. The van der Waals surface area contributed by atoms with Gasteiger partial charge in [0.15, 0.2) is 5.69 Å². The summed E-state index contributed by atoms with van der Waals surface area (Å²) in [6, 6.07) is 10.3. The van der Waals surface area contributed by atoms with E-state index >= 15 is 4.39 Å². The number of aromatic nitrogens is 2. The molecule has 3 aromatic rings. The molecule has 1 aromatic heterocycles. The number of nitrogens with zero attached hydrogens (tertiary/aromatic N) is 3. The van der Waals surface area contributed by atoms with Crippen molar-refractivity contribution in [1.29, 1.82) is 0 Å². The molecule has 2 heterocycles. The standard InChI is InChI=1S/C30H31F4N5O4/c31-22-11-10-20(24(12-9-18-7-8-18)38-13-2-1-6-27(38)40)15-23(22)36-28(41)25-16-26(30(32,33)34)37-39(25)21-5-3-4-19(14-21)17-35-29(42)43/h3-5,10-11,14-16,18,24,35H,1-2,6-9,12-13,17H2,(H,36,41)(H,42,43). The first-order valence-electron chi connectivity index (χ1n) is 14.1. The molecule has 1 saturated carbocycles. The van der Waals surface area contributed by atoms with Crippen LogP contribution in [0.15, 0.2) is 48.5 Å². The van der Waals surface area contributed by atoms with Gasteiger partial charge >= 0.3 is 12.3 Å². The summed E-state index contributed by atoms with van der Waals surface area (Å²) in [5.74, 6) is -1.20. The van der Waals surface area contributed by atoms with Gasteiger partial charge in [-0.25, -0.2) is 13.9 Å². The number of nitrogens with one attached hydrogen (secondary N) is 2. The number of benzene rings is 2. The van der Waals surface area contributed by atoms with Crippen LogP contribution < -0.4 is 10.6 Å². The Bertz CT molecular complexity index is 1520. The van der Waals surface area contributed by atoms with Crippen LogP contribution in [0.5, 0.6) is 0 Å². The number of carbonyl (C=O) groups is 3. The third-order valence-corrected chi connectivity index (χ3v) is 7.74. The number of piperidine rings is 1. The molecule has 228 valence electrons. The van der Waals surface area contributed by atoms with E-state index in [9.17, 15) is 27.6 Å². The minimum Gasteiger partial charge on any atom is -0.465 e. The number of anilines is 1. The highest BCUT2D eigenvalue weighted by Crippen LogP contribution is 2.39. The molecule has 13 heteroatoms. The minimum atomic E-state index is -4.87. The van der Waals surface area contributed by atoms with Crippen molar-refractivity contribution in [1.82, 2.24) is 20.0 Å². The fraction of sp³-hybridized carbons (Fsp3) is 0.400. The van der Waals surface area contributed by atoms with Crippen LogP contribution >= 0.6 is 0 Å². The average Bonchev–Trinajstić information content (AvgIpc) is 3.67. The zero-order valence-corrected chi connectivity index (χ0v) is 23.2. The van der Waals surface area contributed by atoms with E-state index in [1.165, 1.54) is 30.3 Å². The number of alkyl halides is 3. The van der Waals surface area contributed by atoms with Crippen molar-refractivity contribution in [3.63, 3.8) is 0 Å². The van der Waals surface area contributed by atoms with Gasteiger partial charge in [-0.3, -0.25) is 9.59 Å². The molecule has 43 heavy (non-hydrogen) atoms. The van der Waals surface area contributed by atoms with E-state index in [-0.39, 0.29) is 29.9 Å². The maximum Gasteiger partial charge on any atom is 0.435 e. The molecule has 0 radical (unpaired) electrons. The summed E-state index contributed by atoms with van der Waals surface area (Å²) in [5.41, 5.74) is -0.941. The molecule has 0 spiro atoms. The van der Waals surface area contributed by atoms with Crippen LogP contribution in [-0.4, -0.2) is 44.2 Å². The van der Waals surface area contributed by atoms with E-state index in [0.717, 1.165) is 36.8 Å². The molecule has 5 rings (SSSR count). The summed E-state index contributed by atoms with van der Waals surface area (Å²) in [6.07, 6.45) is -0.188. The van der Waals surface area contributed by atoms with Gasteiger partial charge in [-0.05, 0) is 67.0 Å². The molecule has 2 fully saturated rings. The van der Waals surface area contributed by atoms with Crippen LogP contribution in [0.1, 0.15) is 78.3 Å². The molecule has 2 aliphatic rings. The Balaban J connectivity index is 1.45. The first-order valence-corrected chi connectivity index (χ1v) is 14.1. The second-order valence-electron chi connectivity index (χ2n) is 10.9. The van der Waals surface area contributed by atoms with E-state index < -0.39 is 35.4 Å². The Morgan fingerprint density at radius 1 is 1.09 bits per heavy atom. The van der Waals surface area contributed by atoms with Crippen molar-refractivity contribution < 1.29 is 37.1 Å². The Labute approximate surface area is 244 Å². The second kappa shape index (κ2) is 12.4. The zero-order valence-electron chi connectivity index (χ0n) is 23.2. The van der Waals surface area contributed by atoms with E-state index in [4.69, 9.17) is 5.11 Å². The molecule has 1 unspecified atom stereocenters. The number of halogens is 4. The minimum absolute atomic E-state index is 0.0197. The van der Waals surface area contributed by atoms with Crippen LogP contribution in [0.2, 0.25) is 0 Å². The van der Waals surface area contributed by atoms with E-state index in [1.54, 1.807) is 12.1 Å². The normalized spacial score (nSPS) is 16.2. The molecular formula is C30H31F4N5O4. The summed E-state index contributed by atoms with van der Waals surface area (Å²) in [5, 5.41) is 17.0. The number of amides is 3. The molecule has 2 aromatic carbocycles. The van der Waals surface area contributed by atoms with Crippen LogP contribution in [-0.2, 0) is 17.5 Å². The lowest BCUT2D eigenvalue weighted by molar-refractivity contribution is -0.141. The number of carbonyl (C=O) groups excluding carboxylic acids is 2. The van der Waals surface area contributed by atoms with Gasteiger partial charge in [0.2, 0.25) is 5.91 Å². The zero-order chi connectivity index (χ0) is 30.7. The summed E-state index contributed by atoms with van der Waals surface area (Å²) in [6.45, 7) is 0.450. The Hall–Kier alpha value is -4.42. The maximum atomic E-state index is 15.0. The van der Waals surface area contributed by atoms with E-state index in [2.05, 4.69) is 15.7 Å². The maximum absolute atomic E-state index is 15.0. The van der Waals surface area contributed by atoms with Crippen molar-refractivity contribution in [3.05, 3.63) is 76.9 Å². The molecule has 1 saturated heterocycles. The molecule has 1 aliphatic heterocycles. The van der Waals surface area contributed by atoms with Gasteiger partial charge in [0, 0.05) is 25.6 Å². The van der Waals surface area contributed by atoms with Crippen LogP contribution in [0.4, 0.5) is 28.0 Å². The molecule has 0 bridgehead atoms. The quantitative estimate of drug-likeness (QED) is 0.236. The lowest BCUT2D eigenvalue weighted by atomic mass is 9.95. The van der Waals surface area contributed by atoms with Gasteiger partial charge in [-0.15, -0.1) is 0 Å². The molecule has 3 N–H and O–H groups in total. The van der Waals surface area contributed by atoms with Gasteiger partial charge < -0.3 is 20.6 Å². The number of hydrogen-bond donors (Lipinski definition) is 3. The molecule has 9 nitrogen and oxygen atoms in total. The fourth-order valence-corrected chi connectivity index (χ4v) is 5.35. The molecular weight excluding hydrogens is 570 g/mol. The van der Waals surface area contributed by atoms with Crippen LogP contribution in [0.3, 0.4) is 0 Å². The number of hydrogen-bond acceptors (Lipinski definition) is 4. The third kappa shape index (κ3) is 7.33. The highest BCUT2D eigenvalue weighted by molar-refractivity contribution is 6.03. The Kier molecular flexibility index (Phi) is 8.69. The molecule has 1 aliphatic carbocycles. The smallest absolute Gasteiger partial charge is 0.435 e. The van der Waals surface area contributed by atoms with Crippen molar-refractivity contribution in [3.8, 4) is 5.69 Å². The second-order valence-corrected chi connectivity index (χ2v) is 10.9. The van der Waals surface area contributed by atoms with Gasteiger partial charge in [0.1, 0.15) is 11.5 Å². The van der Waals surface area contributed by atoms with Crippen molar-refractivity contribution >= 4 is 23.6 Å². The van der Waals surface area contributed by atoms with Crippen LogP contribution in [0, 0.1) is 11.7 Å². The molecule has 3 amide bonds. The lowest BCUT2D eigenvalue weighted by Gasteiger charge is -2.35.